The van der Waals surface area contributed by atoms with Gasteiger partial charge in [0.1, 0.15) is 0 Å². The summed E-state index contributed by atoms with van der Waals surface area (Å²) in [5.74, 6) is 1.66. The van der Waals surface area contributed by atoms with E-state index < -0.39 is 0 Å². The molecule has 5 fully saturated rings. The van der Waals surface area contributed by atoms with Crippen LogP contribution in [0, 0.1) is 17.3 Å². The van der Waals surface area contributed by atoms with Gasteiger partial charge in [0.05, 0.1) is 11.1 Å². The fourth-order valence-corrected chi connectivity index (χ4v) is 19.2. The van der Waals surface area contributed by atoms with Crippen LogP contribution in [0.4, 0.5) is 22.7 Å². The van der Waals surface area contributed by atoms with Gasteiger partial charge in [-0.2, -0.15) is 0 Å². The summed E-state index contributed by atoms with van der Waals surface area (Å²) in [6.45, 7) is 15.2. The summed E-state index contributed by atoms with van der Waals surface area (Å²) in [4.78, 5) is 5.74. The third-order valence-electron chi connectivity index (χ3n) is 21.6. The molecule has 5 saturated carbocycles. The predicted molar refractivity (Wildman–Crippen MR) is 282 cm³/mol. The zero-order valence-electron chi connectivity index (χ0n) is 40.8. The number of hydrogen-bond acceptors (Lipinski definition) is 2. The van der Waals surface area contributed by atoms with Gasteiger partial charge in [0.25, 0.3) is 0 Å². The minimum absolute atomic E-state index is 0.0483. The smallest absolute Gasteiger partial charge is 0.0517 e. The topological polar surface area (TPSA) is 6.48 Å². The van der Waals surface area contributed by atoms with Crippen LogP contribution in [0.1, 0.15) is 205 Å². The molecule has 0 radical (unpaired) electrons. The van der Waals surface area contributed by atoms with E-state index in [4.69, 9.17) is 0 Å². The van der Waals surface area contributed by atoms with Crippen molar-refractivity contribution in [1.29, 1.82) is 0 Å². The van der Waals surface area contributed by atoms with Crippen LogP contribution < -0.4 is 9.80 Å². The molecule has 0 aromatic heterocycles. The molecule has 0 saturated heterocycles. The molecule has 4 heteroatoms. The average molecular weight is 997 g/mol. The standard InChI is InChI=1S/C61H76Br2N2/c1-7-9-11-13-15-21-41-39-59-49-37-45(64-53-29-23-43(62)35-51(53)55(3)31-17-19-33-57(55,64)5)25-27-47(49)48-28-26-46(38-50(48)60(59)40-42(61(41,59)60)22-16-14-12-10-8-2)65-54-30-24-44(63)36-52(54)56(4)32-18-20-34-58(56,65)6/h23-30,35-38,41-42H,7-22,31-34,39-40H2,1-6H3/t41?,42?,55?,56?,57?,58?,59-,60-,61?/m1/s1. The van der Waals surface area contributed by atoms with E-state index in [2.05, 4.69) is 156 Å². The van der Waals surface area contributed by atoms with Gasteiger partial charge in [0, 0.05) is 53.4 Å². The first-order chi connectivity index (χ1) is 31.4. The van der Waals surface area contributed by atoms with E-state index in [-0.39, 0.29) is 32.7 Å². The van der Waals surface area contributed by atoms with E-state index in [9.17, 15) is 0 Å². The Morgan fingerprint density at radius 3 is 1.32 bits per heavy atom. The maximum absolute atomic E-state index is 3.92. The molecule has 65 heavy (non-hydrogen) atoms. The number of rotatable bonds is 14. The summed E-state index contributed by atoms with van der Waals surface area (Å²) in [7, 11) is 0. The van der Waals surface area contributed by atoms with Crippen molar-refractivity contribution in [3.05, 3.63) is 104 Å². The van der Waals surface area contributed by atoms with E-state index in [1.807, 2.05) is 0 Å². The molecule has 8 aliphatic rings. The Hall–Kier alpha value is -2.56. The molecule has 2 heterocycles. The van der Waals surface area contributed by atoms with Gasteiger partial charge >= 0.3 is 0 Å². The lowest BCUT2D eigenvalue weighted by Crippen LogP contribution is -2.54. The van der Waals surface area contributed by atoms with Crippen molar-refractivity contribution in [3.8, 4) is 11.1 Å². The highest BCUT2D eigenvalue weighted by Crippen LogP contribution is 3.03. The van der Waals surface area contributed by atoms with Crippen LogP contribution >= 0.6 is 31.9 Å². The fourth-order valence-electron chi connectivity index (χ4n) is 18.5. The molecule has 2 nitrogen and oxygen atoms in total. The number of anilines is 4. The third-order valence-corrected chi connectivity index (χ3v) is 22.6. The average Bonchev–Trinajstić information content (AvgIpc) is 3.38. The lowest BCUT2D eigenvalue weighted by molar-refractivity contribution is -0.00516. The van der Waals surface area contributed by atoms with Gasteiger partial charge in [0.2, 0.25) is 0 Å². The number of hydrogen-bond donors (Lipinski definition) is 0. The van der Waals surface area contributed by atoms with E-state index in [0.29, 0.717) is 5.41 Å². The molecule has 0 amide bonds. The first-order valence-electron chi connectivity index (χ1n) is 26.9. The van der Waals surface area contributed by atoms with E-state index >= 15 is 0 Å². The number of fused-ring (bicyclic) bond motifs is 9. The molecule has 6 unspecified atom stereocenters. The summed E-state index contributed by atoms with van der Waals surface area (Å²) in [6, 6.07) is 30.5. The Kier molecular flexibility index (Phi) is 10.2. The number of halogens is 2. The number of unbranched alkanes of at least 4 members (excludes halogenated alkanes) is 8. The quantitative estimate of drug-likeness (QED) is 0.116. The molecule has 344 valence electrons. The highest BCUT2D eigenvalue weighted by Gasteiger charge is 3.02. The van der Waals surface area contributed by atoms with Gasteiger partial charge in [-0.15, -0.1) is 0 Å². The van der Waals surface area contributed by atoms with Crippen molar-refractivity contribution in [2.75, 3.05) is 9.80 Å². The molecular weight excluding hydrogens is 920 g/mol. The fraction of sp³-hybridized carbons (Fsp3) is 0.607. The first-order valence-corrected chi connectivity index (χ1v) is 28.5. The van der Waals surface area contributed by atoms with Gasteiger partial charge in [-0.1, -0.05) is 162 Å². The second-order valence-electron chi connectivity index (χ2n) is 24.0. The van der Waals surface area contributed by atoms with Crippen molar-refractivity contribution >= 4 is 54.6 Å². The van der Waals surface area contributed by atoms with Gasteiger partial charge in [0.15, 0.2) is 0 Å². The summed E-state index contributed by atoms with van der Waals surface area (Å²) >= 11 is 7.85. The van der Waals surface area contributed by atoms with Crippen LogP contribution in [0.25, 0.3) is 11.1 Å². The molecular formula is C61H76Br2N2. The van der Waals surface area contributed by atoms with Gasteiger partial charge in [-0.3, -0.25) is 0 Å². The molecule has 0 N–H and O–H groups in total. The minimum Gasteiger partial charge on any atom is -0.334 e. The third kappa shape index (κ3) is 5.30. The van der Waals surface area contributed by atoms with Crippen LogP contribution in [0.2, 0.25) is 0 Å². The first kappa shape index (κ1) is 43.7. The summed E-state index contributed by atoms with van der Waals surface area (Å²) < 4.78 is 2.43. The molecule has 4 aromatic rings. The van der Waals surface area contributed by atoms with Crippen LogP contribution in [-0.2, 0) is 21.7 Å². The Morgan fingerprint density at radius 1 is 0.477 bits per heavy atom. The Morgan fingerprint density at radius 2 is 0.892 bits per heavy atom. The molecule has 4 aromatic carbocycles. The SMILES string of the molecule is CCCCCCCC1C[C@@]23c4cc(N5c6ccc(Br)cc6C6(C)CCCCC56C)ccc4-c4ccc(N5c6ccc(Br)cc6C6(C)CCCCC56C)cc4[C@]24CC(CCCCCCC)C134. The molecule has 12 rings (SSSR count). The van der Waals surface area contributed by atoms with Gasteiger partial charge < -0.3 is 9.80 Å². The normalized spacial score (nSPS) is 36.2. The number of nitrogens with zero attached hydrogens (tertiary/aromatic N) is 2. The Bertz CT molecular complexity index is 2390. The van der Waals surface area contributed by atoms with E-state index in [1.165, 1.54) is 173 Å². The van der Waals surface area contributed by atoms with E-state index in [1.54, 1.807) is 33.4 Å². The van der Waals surface area contributed by atoms with E-state index in [0.717, 1.165) is 11.8 Å². The lowest BCUT2D eigenvalue weighted by atomic mass is 9.51. The lowest BCUT2D eigenvalue weighted by Gasteiger charge is -2.52. The maximum Gasteiger partial charge on any atom is 0.0517 e. The monoisotopic (exact) mass is 994 g/mol. The highest BCUT2D eigenvalue weighted by molar-refractivity contribution is 9.10. The Labute approximate surface area is 409 Å². The second-order valence-corrected chi connectivity index (χ2v) is 25.8. The zero-order valence-corrected chi connectivity index (χ0v) is 44.0. The van der Waals surface area contributed by atoms with Crippen molar-refractivity contribution in [3.63, 3.8) is 0 Å². The van der Waals surface area contributed by atoms with Crippen molar-refractivity contribution in [2.45, 2.75) is 216 Å². The van der Waals surface area contributed by atoms with Crippen LogP contribution in [0.5, 0.6) is 0 Å². The van der Waals surface area contributed by atoms with Crippen molar-refractivity contribution in [1.82, 2.24) is 0 Å². The molecule has 6 aliphatic carbocycles. The molecule has 0 bridgehead atoms. The van der Waals surface area contributed by atoms with Crippen LogP contribution in [0.3, 0.4) is 0 Å². The van der Waals surface area contributed by atoms with Gasteiger partial charge in [-0.05, 0) is 177 Å². The van der Waals surface area contributed by atoms with Crippen molar-refractivity contribution < 1.29 is 0 Å². The molecule has 3 spiro atoms. The second kappa shape index (κ2) is 15.2. The highest BCUT2D eigenvalue weighted by atomic mass is 79.9. The van der Waals surface area contributed by atoms with Crippen molar-refractivity contribution in [2.24, 2.45) is 17.3 Å². The van der Waals surface area contributed by atoms with Crippen LogP contribution in [0.15, 0.2) is 81.7 Å². The Balaban J connectivity index is 1.03. The minimum atomic E-state index is 0.0483. The summed E-state index contributed by atoms with van der Waals surface area (Å²) in [6.07, 6.45) is 29.8. The summed E-state index contributed by atoms with van der Waals surface area (Å²) in [5.41, 5.74) is 16.7. The predicted octanol–water partition coefficient (Wildman–Crippen LogP) is 18.6. The maximum atomic E-state index is 3.92. The molecule has 8 atom stereocenters. The van der Waals surface area contributed by atoms with Gasteiger partial charge in [-0.25, -0.2) is 0 Å². The van der Waals surface area contributed by atoms with Crippen LogP contribution in [-0.4, -0.2) is 11.1 Å². The molecule has 2 aliphatic heterocycles. The largest absolute Gasteiger partial charge is 0.334 e. The number of benzene rings is 4. The summed E-state index contributed by atoms with van der Waals surface area (Å²) in [5, 5.41) is 0. The zero-order chi connectivity index (χ0) is 44.8.